The molecule has 0 N–H and O–H groups in total. The van der Waals surface area contributed by atoms with Crippen molar-refractivity contribution in [3.8, 4) is 23.1 Å². The Kier molecular flexibility index (Phi) is 6.59. The summed E-state index contributed by atoms with van der Waals surface area (Å²) in [7, 11) is 5.40. The number of anilines is 1. The lowest BCUT2D eigenvalue weighted by Crippen LogP contribution is -2.30. The quantitative estimate of drug-likeness (QED) is 0.356. The van der Waals surface area contributed by atoms with Gasteiger partial charge < -0.3 is 18.8 Å². The van der Waals surface area contributed by atoms with Gasteiger partial charge in [-0.15, -0.1) is 5.10 Å². The van der Waals surface area contributed by atoms with Gasteiger partial charge in [0.25, 0.3) is 0 Å². The van der Waals surface area contributed by atoms with Gasteiger partial charge in [0.15, 0.2) is 22.9 Å². The molecule has 1 aliphatic rings. The summed E-state index contributed by atoms with van der Waals surface area (Å²) < 4.78 is 18.4. The van der Waals surface area contributed by atoms with Crippen LogP contribution in [0, 0.1) is 0 Å². The highest BCUT2D eigenvalue weighted by molar-refractivity contribution is 5.58. The molecule has 9 nitrogen and oxygen atoms in total. The van der Waals surface area contributed by atoms with Crippen LogP contribution in [0.3, 0.4) is 0 Å². The van der Waals surface area contributed by atoms with E-state index in [2.05, 4.69) is 35.9 Å². The van der Waals surface area contributed by atoms with Crippen molar-refractivity contribution < 1.29 is 13.9 Å². The molecule has 1 aromatic carbocycles. The molecule has 0 radical (unpaired) electrons. The van der Waals surface area contributed by atoms with Gasteiger partial charge in [-0.05, 0) is 48.2 Å². The van der Waals surface area contributed by atoms with Crippen LogP contribution in [0.1, 0.15) is 36.5 Å². The number of fused-ring (bicyclic) bond motifs is 2. The van der Waals surface area contributed by atoms with Crippen LogP contribution in [0.5, 0.6) is 11.5 Å². The standard InChI is InChI=1S/C26H32N6O3/c1-5-6-10-30(2)26-27-15-20(25-28-24(29-32(25)26)21-8-7-12-35-21)17-31-11-9-18-13-22(33-3)23(34-4)14-19(18)16-31/h7-8,12-15H,5-6,9-11,16-17H2,1-4H3. The molecular formula is C26H32N6O3. The molecule has 35 heavy (non-hydrogen) atoms. The number of benzene rings is 1. The van der Waals surface area contributed by atoms with Crippen molar-refractivity contribution in [2.75, 3.05) is 39.3 Å². The van der Waals surface area contributed by atoms with Crippen LogP contribution in [0.4, 0.5) is 5.95 Å². The molecule has 0 atom stereocenters. The summed E-state index contributed by atoms with van der Waals surface area (Å²) in [4.78, 5) is 14.2. The Morgan fingerprint density at radius 2 is 1.94 bits per heavy atom. The summed E-state index contributed by atoms with van der Waals surface area (Å²) in [6.07, 6.45) is 6.73. The second kappa shape index (κ2) is 9.95. The van der Waals surface area contributed by atoms with E-state index in [0.29, 0.717) is 11.6 Å². The summed E-state index contributed by atoms with van der Waals surface area (Å²) in [6.45, 7) is 5.57. The number of hydrogen-bond acceptors (Lipinski definition) is 8. The maximum atomic E-state index is 5.58. The number of hydrogen-bond donors (Lipinski definition) is 0. The van der Waals surface area contributed by atoms with Crippen LogP contribution in [-0.4, -0.2) is 58.8 Å². The highest BCUT2D eigenvalue weighted by atomic mass is 16.5. The van der Waals surface area contributed by atoms with Crippen LogP contribution in [-0.2, 0) is 19.5 Å². The van der Waals surface area contributed by atoms with Gasteiger partial charge in [0.05, 0.1) is 20.5 Å². The van der Waals surface area contributed by atoms with Crippen molar-refractivity contribution in [2.45, 2.75) is 39.3 Å². The Labute approximate surface area is 205 Å². The highest BCUT2D eigenvalue weighted by Gasteiger charge is 2.23. The lowest BCUT2D eigenvalue weighted by atomic mass is 9.98. The number of rotatable bonds is 9. The zero-order valence-corrected chi connectivity index (χ0v) is 20.8. The zero-order chi connectivity index (χ0) is 24.4. The number of ether oxygens (including phenoxy) is 2. The third-order valence-electron chi connectivity index (χ3n) is 6.54. The van der Waals surface area contributed by atoms with Crippen molar-refractivity contribution in [3.05, 3.63) is 53.4 Å². The number of furan rings is 1. The molecule has 4 heterocycles. The Hall–Kier alpha value is -3.59. The number of methoxy groups -OCH3 is 2. The van der Waals surface area contributed by atoms with Gasteiger partial charge in [-0.1, -0.05) is 13.3 Å². The van der Waals surface area contributed by atoms with Crippen molar-refractivity contribution in [3.63, 3.8) is 0 Å². The maximum absolute atomic E-state index is 5.58. The van der Waals surface area contributed by atoms with Crippen LogP contribution in [0.2, 0.25) is 0 Å². The van der Waals surface area contributed by atoms with E-state index in [1.54, 1.807) is 20.5 Å². The summed E-state index contributed by atoms with van der Waals surface area (Å²) in [5.74, 6) is 3.53. The van der Waals surface area contributed by atoms with Gasteiger partial charge >= 0.3 is 0 Å². The molecular weight excluding hydrogens is 444 g/mol. The molecule has 0 spiro atoms. The molecule has 9 heteroatoms. The summed E-state index contributed by atoms with van der Waals surface area (Å²) in [5.41, 5.74) is 4.40. The first kappa shape index (κ1) is 23.2. The minimum absolute atomic E-state index is 0.565. The molecule has 0 saturated heterocycles. The van der Waals surface area contributed by atoms with E-state index >= 15 is 0 Å². The normalized spacial score (nSPS) is 13.7. The van der Waals surface area contributed by atoms with Crippen LogP contribution in [0.25, 0.3) is 17.2 Å². The molecule has 0 fully saturated rings. The van der Waals surface area contributed by atoms with Gasteiger partial charge in [0, 0.05) is 45.0 Å². The molecule has 0 bridgehead atoms. The van der Waals surface area contributed by atoms with Gasteiger partial charge in [-0.3, -0.25) is 4.90 Å². The Morgan fingerprint density at radius 1 is 1.14 bits per heavy atom. The predicted octanol–water partition coefficient (Wildman–Crippen LogP) is 4.20. The second-order valence-corrected chi connectivity index (χ2v) is 8.94. The lowest BCUT2D eigenvalue weighted by Gasteiger charge is -2.29. The molecule has 0 amide bonds. The molecule has 1 aliphatic heterocycles. The van der Waals surface area contributed by atoms with Crippen LogP contribution in [0.15, 0.2) is 41.1 Å². The zero-order valence-electron chi connectivity index (χ0n) is 20.8. The average molecular weight is 477 g/mol. The summed E-state index contributed by atoms with van der Waals surface area (Å²) >= 11 is 0. The second-order valence-electron chi connectivity index (χ2n) is 8.94. The highest BCUT2D eigenvalue weighted by Crippen LogP contribution is 2.34. The SMILES string of the molecule is CCCCN(C)c1ncc(CN2CCc3cc(OC)c(OC)cc3C2)c2nc(-c3ccco3)nn12. The van der Waals surface area contributed by atoms with Gasteiger partial charge in [0.1, 0.15) is 0 Å². The van der Waals surface area contributed by atoms with Crippen molar-refractivity contribution >= 4 is 11.6 Å². The monoisotopic (exact) mass is 476 g/mol. The fourth-order valence-electron chi connectivity index (χ4n) is 4.60. The summed E-state index contributed by atoms with van der Waals surface area (Å²) in [5, 5.41) is 4.77. The Bertz CT molecular complexity index is 1300. The van der Waals surface area contributed by atoms with Gasteiger partial charge in [-0.25, -0.2) is 9.97 Å². The van der Waals surface area contributed by atoms with Gasteiger partial charge in [-0.2, -0.15) is 4.52 Å². The molecule has 0 saturated carbocycles. The van der Waals surface area contributed by atoms with Crippen LogP contribution >= 0.6 is 0 Å². The van der Waals surface area contributed by atoms with E-state index in [1.165, 1.54) is 11.1 Å². The molecule has 0 unspecified atom stereocenters. The first-order valence-corrected chi connectivity index (χ1v) is 12.1. The molecule has 5 rings (SSSR count). The maximum Gasteiger partial charge on any atom is 0.228 e. The number of aromatic nitrogens is 4. The molecule has 3 aromatic heterocycles. The van der Waals surface area contributed by atoms with E-state index in [9.17, 15) is 0 Å². The third kappa shape index (κ3) is 4.55. The Balaban J connectivity index is 1.46. The predicted molar refractivity (Wildman–Crippen MR) is 134 cm³/mol. The fraction of sp³-hybridized carbons (Fsp3) is 0.423. The largest absolute Gasteiger partial charge is 0.493 e. The van der Waals surface area contributed by atoms with E-state index in [4.69, 9.17) is 29.0 Å². The first-order chi connectivity index (χ1) is 17.1. The molecule has 4 aromatic rings. The lowest BCUT2D eigenvalue weighted by molar-refractivity contribution is 0.244. The first-order valence-electron chi connectivity index (χ1n) is 12.1. The molecule has 0 aliphatic carbocycles. The number of unbranched alkanes of at least 4 members (excludes halogenated alkanes) is 1. The Morgan fingerprint density at radius 3 is 2.66 bits per heavy atom. The third-order valence-corrected chi connectivity index (χ3v) is 6.54. The smallest absolute Gasteiger partial charge is 0.228 e. The van der Waals surface area contributed by atoms with E-state index in [-0.39, 0.29) is 0 Å². The average Bonchev–Trinajstić information content (AvgIpc) is 3.57. The topological polar surface area (TPSA) is 81.2 Å². The van der Waals surface area contributed by atoms with Crippen molar-refractivity contribution in [2.24, 2.45) is 0 Å². The minimum atomic E-state index is 0.565. The van der Waals surface area contributed by atoms with Crippen LogP contribution < -0.4 is 14.4 Å². The fourth-order valence-corrected chi connectivity index (χ4v) is 4.60. The van der Waals surface area contributed by atoms with Crippen molar-refractivity contribution in [1.82, 2.24) is 24.5 Å². The van der Waals surface area contributed by atoms with E-state index in [0.717, 1.165) is 74.1 Å². The number of nitrogens with zero attached hydrogens (tertiary/aromatic N) is 6. The summed E-state index contributed by atoms with van der Waals surface area (Å²) in [6, 6.07) is 7.92. The minimum Gasteiger partial charge on any atom is -0.493 e. The molecule has 184 valence electrons. The van der Waals surface area contributed by atoms with E-state index in [1.807, 2.05) is 22.8 Å². The van der Waals surface area contributed by atoms with Gasteiger partial charge in [0.2, 0.25) is 11.8 Å². The van der Waals surface area contributed by atoms with Crippen molar-refractivity contribution in [1.29, 1.82) is 0 Å². The van der Waals surface area contributed by atoms with E-state index < -0.39 is 0 Å².